The average molecular weight is 403 g/mol. The summed E-state index contributed by atoms with van der Waals surface area (Å²) in [6.07, 6.45) is 0. The summed E-state index contributed by atoms with van der Waals surface area (Å²) in [4.78, 5) is 2.48. The second-order valence-electron chi connectivity index (χ2n) is 8.93. The lowest BCUT2D eigenvalue weighted by Gasteiger charge is -2.35. The Morgan fingerprint density at radius 2 is 1.06 bits per heavy atom. The van der Waals surface area contributed by atoms with Gasteiger partial charge in [0.2, 0.25) is 6.71 Å². The van der Waals surface area contributed by atoms with Crippen LogP contribution < -0.4 is 21.3 Å². The molecule has 32 heavy (non-hydrogen) atoms. The molecule has 146 valence electrons. The van der Waals surface area contributed by atoms with Gasteiger partial charge in [-0.15, -0.1) is 0 Å². The third kappa shape index (κ3) is 1.91. The van der Waals surface area contributed by atoms with E-state index in [0.717, 1.165) is 0 Å². The van der Waals surface area contributed by atoms with Crippen LogP contribution in [0.4, 0.5) is 17.1 Å². The van der Waals surface area contributed by atoms with Crippen molar-refractivity contribution in [3.63, 3.8) is 0 Å². The molecule has 3 aliphatic rings. The molecule has 0 saturated heterocycles. The van der Waals surface area contributed by atoms with Crippen LogP contribution in [-0.2, 0) is 0 Å². The molecule has 0 unspecified atom stereocenters. The minimum atomic E-state index is 0.349. The summed E-state index contributed by atoms with van der Waals surface area (Å²) in [5, 5.41) is 0. The quantitative estimate of drug-likeness (QED) is 0.339. The van der Waals surface area contributed by atoms with Crippen molar-refractivity contribution in [2.24, 2.45) is 0 Å². The van der Waals surface area contributed by atoms with Gasteiger partial charge in [-0.1, -0.05) is 84.3 Å². The molecule has 5 aromatic rings. The molecule has 0 aromatic heterocycles. The molecular weight excluding hydrogens is 385 g/mol. The van der Waals surface area contributed by atoms with Crippen molar-refractivity contribution in [2.75, 3.05) is 4.90 Å². The molecule has 0 atom stereocenters. The third-order valence-electron chi connectivity index (χ3n) is 7.40. The molecule has 8 rings (SSSR count). The first kappa shape index (κ1) is 16.6. The summed E-state index contributed by atoms with van der Waals surface area (Å²) in [7, 11) is 0. The Hall–Kier alpha value is -4.04. The minimum Gasteiger partial charge on any atom is -0.311 e. The minimum absolute atomic E-state index is 0.349. The molecule has 0 saturated carbocycles. The SMILES string of the molecule is c1ccc(-c2cc3c4c(c2)N(c2ccccc2)c2cccc5c2B4c2c-5cccc2-3)cc1. The zero-order valence-electron chi connectivity index (χ0n) is 17.4. The van der Waals surface area contributed by atoms with Crippen molar-refractivity contribution in [1.82, 2.24) is 0 Å². The smallest absolute Gasteiger partial charge is 0.249 e. The van der Waals surface area contributed by atoms with Gasteiger partial charge in [0.1, 0.15) is 0 Å². The highest BCUT2D eigenvalue weighted by Gasteiger charge is 2.48. The van der Waals surface area contributed by atoms with Crippen LogP contribution in [-0.4, -0.2) is 6.71 Å². The van der Waals surface area contributed by atoms with E-state index in [0.29, 0.717) is 6.71 Å². The third-order valence-corrected chi connectivity index (χ3v) is 7.40. The second-order valence-corrected chi connectivity index (χ2v) is 8.93. The molecule has 0 N–H and O–H groups in total. The van der Waals surface area contributed by atoms with E-state index in [-0.39, 0.29) is 0 Å². The predicted octanol–water partition coefficient (Wildman–Crippen LogP) is 5.61. The first-order valence-electron chi connectivity index (χ1n) is 11.3. The van der Waals surface area contributed by atoms with Crippen molar-refractivity contribution >= 4 is 40.2 Å². The van der Waals surface area contributed by atoms with E-state index >= 15 is 0 Å². The highest BCUT2D eigenvalue weighted by molar-refractivity contribution is 7.04. The van der Waals surface area contributed by atoms with Crippen molar-refractivity contribution in [3.05, 3.63) is 109 Å². The van der Waals surface area contributed by atoms with Gasteiger partial charge in [0.05, 0.1) is 0 Å². The van der Waals surface area contributed by atoms with Crippen molar-refractivity contribution < 1.29 is 0 Å². The van der Waals surface area contributed by atoms with Gasteiger partial charge in [-0.3, -0.25) is 0 Å². The van der Waals surface area contributed by atoms with E-state index in [1.54, 1.807) is 0 Å². The molecule has 3 aliphatic heterocycles. The standard InChI is InChI=1S/C30H18BN/c1-3-9-19(10-4-1)20-17-25-24-14-7-13-22-23-15-8-16-26-29(23)31(28(22)24)30(25)27(18-20)32(26)21-11-5-2-6-12-21/h1-18H. The summed E-state index contributed by atoms with van der Waals surface area (Å²) in [6, 6.07) is 40.1. The van der Waals surface area contributed by atoms with Crippen LogP contribution in [0.5, 0.6) is 0 Å². The first-order chi connectivity index (χ1) is 15.9. The topological polar surface area (TPSA) is 3.24 Å². The van der Waals surface area contributed by atoms with Crippen LogP contribution in [0.15, 0.2) is 109 Å². The van der Waals surface area contributed by atoms with Gasteiger partial charge in [0.15, 0.2) is 0 Å². The number of nitrogens with zero attached hydrogens (tertiary/aromatic N) is 1. The lowest BCUT2D eigenvalue weighted by molar-refractivity contribution is 1.30. The van der Waals surface area contributed by atoms with Crippen molar-refractivity contribution in [1.29, 1.82) is 0 Å². The molecule has 5 aromatic carbocycles. The molecule has 0 amide bonds. The van der Waals surface area contributed by atoms with Gasteiger partial charge in [-0.2, -0.15) is 0 Å². The molecule has 0 aliphatic carbocycles. The van der Waals surface area contributed by atoms with E-state index in [2.05, 4.69) is 114 Å². The van der Waals surface area contributed by atoms with Crippen LogP contribution in [0.1, 0.15) is 0 Å². The Balaban J connectivity index is 1.54. The Labute approximate surface area is 187 Å². The van der Waals surface area contributed by atoms with E-state index in [4.69, 9.17) is 0 Å². The highest BCUT2D eigenvalue weighted by Crippen LogP contribution is 2.46. The summed E-state index contributed by atoms with van der Waals surface area (Å²) in [6.45, 7) is 0.349. The number of anilines is 3. The normalized spacial score (nSPS) is 13.5. The molecule has 1 nitrogen and oxygen atoms in total. The number of rotatable bonds is 2. The number of hydrogen-bond donors (Lipinski definition) is 0. The van der Waals surface area contributed by atoms with Crippen LogP contribution in [0.25, 0.3) is 33.4 Å². The van der Waals surface area contributed by atoms with Gasteiger partial charge in [0, 0.05) is 17.1 Å². The lowest BCUT2D eigenvalue weighted by Crippen LogP contribution is -2.52. The Morgan fingerprint density at radius 1 is 0.438 bits per heavy atom. The molecule has 0 spiro atoms. The number of benzene rings is 5. The van der Waals surface area contributed by atoms with Gasteiger partial charge in [-0.25, -0.2) is 0 Å². The van der Waals surface area contributed by atoms with Crippen LogP contribution in [0.3, 0.4) is 0 Å². The average Bonchev–Trinajstić information content (AvgIpc) is 3.38. The summed E-state index contributed by atoms with van der Waals surface area (Å²) in [5.41, 5.74) is 16.4. The molecule has 0 radical (unpaired) electrons. The maximum atomic E-state index is 2.48. The van der Waals surface area contributed by atoms with Gasteiger partial charge in [-0.05, 0) is 74.6 Å². The van der Waals surface area contributed by atoms with E-state index < -0.39 is 0 Å². The largest absolute Gasteiger partial charge is 0.311 e. The van der Waals surface area contributed by atoms with Crippen LogP contribution in [0.2, 0.25) is 0 Å². The summed E-state index contributed by atoms with van der Waals surface area (Å²) in [5.74, 6) is 0. The Morgan fingerprint density at radius 3 is 1.84 bits per heavy atom. The van der Waals surface area contributed by atoms with Crippen molar-refractivity contribution in [3.8, 4) is 33.4 Å². The van der Waals surface area contributed by atoms with Crippen LogP contribution in [0, 0.1) is 0 Å². The van der Waals surface area contributed by atoms with Gasteiger partial charge >= 0.3 is 0 Å². The van der Waals surface area contributed by atoms with E-state index in [9.17, 15) is 0 Å². The first-order valence-corrected chi connectivity index (χ1v) is 11.3. The number of para-hydroxylation sites is 1. The van der Waals surface area contributed by atoms with Crippen molar-refractivity contribution in [2.45, 2.75) is 0 Å². The highest BCUT2D eigenvalue weighted by atomic mass is 15.2. The Bertz CT molecular complexity index is 1570. The van der Waals surface area contributed by atoms with Crippen LogP contribution >= 0.6 is 0 Å². The van der Waals surface area contributed by atoms with Gasteiger partial charge in [0.25, 0.3) is 0 Å². The second kappa shape index (κ2) is 5.80. The zero-order valence-corrected chi connectivity index (χ0v) is 17.4. The fourth-order valence-corrected chi connectivity index (χ4v) is 6.20. The molecule has 0 fully saturated rings. The van der Waals surface area contributed by atoms with E-state index in [1.165, 1.54) is 66.8 Å². The maximum Gasteiger partial charge on any atom is 0.249 e. The lowest BCUT2D eigenvalue weighted by atomic mass is 9.39. The maximum absolute atomic E-state index is 2.48. The fraction of sp³-hybridized carbons (Fsp3) is 0. The monoisotopic (exact) mass is 403 g/mol. The molecule has 2 heteroatoms. The fourth-order valence-electron chi connectivity index (χ4n) is 6.20. The van der Waals surface area contributed by atoms with Gasteiger partial charge < -0.3 is 4.90 Å². The zero-order chi connectivity index (χ0) is 20.8. The van der Waals surface area contributed by atoms with E-state index in [1.807, 2.05) is 0 Å². The Kier molecular flexibility index (Phi) is 3.02. The summed E-state index contributed by atoms with van der Waals surface area (Å²) >= 11 is 0. The summed E-state index contributed by atoms with van der Waals surface area (Å²) < 4.78 is 0. The predicted molar refractivity (Wildman–Crippen MR) is 136 cm³/mol. The molecule has 0 bridgehead atoms. The number of fused-ring (bicyclic) bond motifs is 2. The molecular formula is C30H18BN. The molecule has 3 heterocycles. The number of hydrogen-bond acceptors (Lipinski definition) is 1.